The summed E-state index contributed by atoms with van der Waals surface area (Å²) >= 11 is 37.8. The summed E-state index contributed by atoms with van der Waals surface area (Å²) in [5.74, 6) is -0.707. The van der Waals surface area contributed by atoms with Crippen molar-refractivity contribution in [1.29, 1.82) is 0 Å². The summed E-state index contributed by atoms with van der Waals surface area (Å²) in [5.41, 5.74) is 4.97. The molecule has 484 valence electrons. The Kier molecular flexibility index (Phi) is 34.2. The van der Waals surface area contributed by atoms with E-state index in [2.05, 4.69) is 216 Å². The molecule has 0 spiro atoms. The van der Waals surface area contributed by atoms with E-state index in [4.69, 9.17) is 26.1 Å². The fraction of sp³-hybridized carbons (Fsp3) is 0.444. The molecule has 3 aromatic carbocycles. The molecule has 90 heavy (non-hydrogen) atoms. The first-order valence-electron chi connectivity index (χ1n) is 29.0. The minimum Gasteiger partial charge on any atom is -0.871 e. The number of anilines is 1. The molecule has 1 fully saturated rings. The van der Waals surface area contributed by atoms with Crippen molar-refractivity contribution in [3.63, 3.8) is 0 Å². The van der Waals surface area contributed by atoms with Crippen LogP contribution in [0.5, 0.6) is 11.5 Å². The molecule has 4 amide bonds. The fourth-order valence-corrected chi connectivity index (χ4v) is 12.9. The maximum atomic E-state index is 13.5. The van der Waals surface area contributed by atoms with Crippen molar-refractivity contribution in [3.8, 4) is 33.9 Å². The van der Waals surface area contributed by atoms with Crippen molar-refractivity contribution in [2.24, 2.45) is 5.41 Å². The smallest absolute Gasteiger partial charge is 0.871 e. The van der Waals surface area contributed by atoms with Gasteiger partial charge in [0.05, 0.1) is 21.1 Å². The van der Waals surface area contributed by atoms with Crippen LogP contribution in [0.1, 0.15) is 136 Å². The van der Waals surface area contributed by atoms with Gasteiger partial charge in [-0.25, -0.2) is 4.79 Å². The van der Waals surface area contributed by atoms with Gasteiger partial charge in [0.1, 0.15) is 27.1 Å². The number of amides is 4. The van der Waals surface area contributed by atoms with Crippen LogP contribution in [-0.2, 0) is 23.9 Å². The third-order valence-corrected chi connectivity index (χ3v) is 19.5. The zero-order valence-corrected chi connectivity index (χ0v) is 71.2. The van der Waals surface area contributed by atoms with E-state index in [-0.39, 0.29) is 117 Å². The molecule has 1 aliphatic carbocycles. The summed E-state index contributed by atoms with van der Waals surface area (Å²) in [6, 6.07) is 16.6. The average molecular weight is 1930 g/mol. The van der Waals surface area contributed by atoms with Crippen molar-refractivity contribution in [1.82, 2.24) is 20.4 Å². The van der Waals surface area contributed by atoms with E-state index >= 15 is 0 Å². The zero-order valence-electron chi connectivity index (χ0n) is 51.4. The van der Waals surface area contributed by atoms with E-state index in [1.807, 2.05) is 45.0 Å². The van der Waals surface area contributed by atoms with Crippen LogP contribution in [0.3, 0.4) is 0 Å². The van der Waals surface area contributed by atoms with E-state index in [1.54, 1.807) is 40.1 Å². The number of thiocarbonyl (C=S) groups is 1. The normalized spacial score (nSPS) is 13.4. The van der Waals surface area contributed by atoms with Crippen LogP contribution in [0, 0.1) is 5.41 Å². The van der Waals surface area contributed by atoms with Crippen LogP contribution in [0.4, 0.5) is 5.69 Å². The molecule has 0 aromatic heterocycles. The molecule has 2 N–H and O–H groups in total. The van der Waals surface area contributed by atoms with Crippen LogP contribution in [0.25, 0.3) is 39.0 Å². The summed E-state index contributed by atoms with van der Waals surface area (Å²) in [6.45, 7) is 20.3. The van der Waals surface area contributed by atoms with E-state index in [0.717, 1.165) is 74.9 Å². The number of fused-ring (bicyclic) bond motifs is 3. The summed E-state index contributed by atoms with van der Waals surface area (Å²) in [4.78, 5) is 81.5. The monoisotopic (exact) mass is 1920 g/mol. The Balaban J connectivity index is 0.000000302. The average Bonchev–Trinajstić information content (AvgIpc) is 0.748. The SMILES string of the molecule is CC(C)(CNC(=O)C(Br)(Br)Br)CNC(=O)C(Br)(Br)Br.CCCCCCCCOC(=O)c1ccccc1-c1c2cc(Br)c(=O)c(Br)c-2oc2c(Br)c([O-])c(Br)cc12.CCCCN1C(=O)C(=C2C=C(C)c3ccc(N(CC)CC)cc3O2)C(=O)N(CCCC)C1=S.[K+]. The third kappa shape index (κ3) is 21.8. The second kappa shape index (κ2) is 37.7. The predicted molar refractivity (Wildman–Crippen MR) is 394 cm³/mol. The Morgan fingerprint density at radius 1 is 0.689 bits per heavy atom. The van der Waals surface area contributed by atoms with E-state index in [1.165, 1.54) is 19.3 Å². The maximum Gasteiger partial charge on any atom is 1.00 e. The standard InChI is InChI=1S/C28H24Br4O5.C26H35N3O3S.C9H12Br6N2O2.K/c1-2-3-4-5-6-9-12-36-28(35)16-11-8-7-10-15(16)21-17-13-19(29)24(33)22(31)26(17)37-27-18(21)14-20(30)25(34)23(27)32;1-6-10-14-28-24(30)23(25(31)29(26(28)33)15-11-7-2)22-16-18(5)20-13-12-19(17-21(20)32-22)27(8-3)9-4;1-7(2,3-16-5(18)8(10,11)12)4-17-6(19)9(13,14)15;/h7-8,10-11,13-14,33H,2-6,9,12H2,1H3;12-13,16-17H,6-11,14-15H2,1-5H3;3-4H2,1-2H3,(H,16,18)(H,17,19);/q;;;+1/p-1. The number of alkyl halides is 6. The number of esters is 1. The second-order valence-corrected chi connectivity index (χ2v) is 38.8. The van der Waals surface area contributed by atoms with Crippen molar-refractivity contribution < 1.29 is 94.4 Å². The van der Waals surface area contributed by atoms with Gasteiger partial charge in [-0.2, -0.15) is 0 Å². The van der Waals surface area contributed by atoms with Crippen molar-refractivity contribution in [2.75, 3.05) is 50.8 Å². The predicted octanol–water partition coefficient (Wildman–Crippen LogP) is 15.3. The van der Waals surface area contributed by atoms with E-state index in [0.29, 0.717) is 86.0 Å². The van der Waals surface area contributed by atoms with Gasteiger partial charge in [0, 0.05) is 77.6 Å². The summed E-state index contributed by atoms with van der Waals surface area (Å²) in [6.07, 6.45) is 11.9. The fourth-order valence-electron chi connectivity index (χ4n) is 9.35. The first-order valence-corrected chi connectivity index (χ1v) is 37.3. The number of ether oxygens (including phenoxy) is 2. The second-order valence-electron chi connectivity index (χ2n) is 21.6. The molecule has 0 unspecified atom stereocenters. The minimum atomic E-state index is -0.969. The molecule has 3 aromatic rings. The van der Waals surface area contributed by atoms with Crippen LogP contribution >= 0.6 is 172 Å². The van der Waals surface area contributed by atoms with E-state index < -0.39 is 10.3 Å². The van der Waals surface area contributed by atoms with Crippen LogP contribution in [0.15, 0.2) is 99.1 Å². The molecule has 7 rings (SSSR count). The zero-order chi connectivity index (χ0) is 66.3. The first-order chi connectivity index (χ1) is 41.9. The van der Waals surface area contributed by atoms with Crippen LogP contribution in [0.2, 0.25) is 0 Å². The molecule has 0 radical (unpaired) electrons. The Morgan fingerprint density at radius 3 is 1.78 bits per heavy atom. The number of halogens is 10. The van der Waals surface area contributed by atoms with Gasteiger partial charge in [-0.3, -0.25) is 33.8 Å². The van der Waals surface area contributed by atoms with Crippen LogP contribution in [-0.4, -0.2) is 94.7 Å². The quantitative estimate of drug-likeness (QED) is 0.00976. The number of allylic oxidation sites excluding steroid dienone is 2. The van der Waals surface area contributed by atoms with Gasteiger partial charge < -0.3 is 34.5 Å². The molecular formula is C63H70Br10KN5O10S. The summed E-state index contributed by atoms with van der Waals surface area (Å²) in [7, 11) is 0. The number of carbonyl (C=O) groups excluding carboxylic acids is 5. The molecule has 0 saturated carbocycles. The molecule has 15 nitrogen and oxygen atoms in total. The van der Waals surface area contributed by atoms with Crippen molar-refractivity contribution >= 4 is 228 Å². The number of hydrogen-bond acceptors (Lipinski definition) is 12. The third-order valence-electron chi connectivity index (χ3n) is 14.3. The first kappa shape index (κ1) is 81.5. The molecule has 3 heterocycles. The largest absolute Gasteiger partial charge is 1.00 e. The molecule has 0 atom stereocenters. The summed E-state index contributed by atoms with van der Waals surface area (Å²) in [5, 5.41) is 19.1. The Bertz CT molecular complexity index is 3450. The molecule has 1 saturated heterocycles. The van der Waals surface area contributed by atoms with Gasteiger partial charge in [0.15, 0.2) is 10.9 Å². The summed E-state index contributed by atoms with van der Waals surface area (Å²) < 4.78 is 17.2. The molecule has 4 aliphatic rings. The number of benzene rings is 4. The molecule has 3 aliphatic heterocycles. The Hall–Kier alpha value is -0.894. The van der Waals surface area contributed by atoms with Gasteiger partial charge in [0.25, 0.3) is 23.6 Å². The number of nitrogens with one attached hydrogen (secondary N) is 2. The van der Waals surface area contributed by atoms with Gasteiger partial charge in [-0.15, -0.1) is 0 Å². The topological polar surface area (TPSA) is 191 Å². The molecule has 0 bridgehead atoms. The van der Waals surface area contributed by atoms with Crippen LogP contribution < -0.4 is 82.2 Å². The van der Waals surface area contributed by atoms with Crippen molar-refractivity contribution in [2.45, 2.75) is 124 Å². The van der Waals surface area contributed by atoms with Gasteiger partial charge in [-0.1, -0.05) is 119 Å². The number of carbonyl (C=O) groups is 5. The number of rotatable bonds is 22. The number of nitrogens with zero attached hydrogens (tertiary/aromatic N) is 3. The minimum absolute atomic E-state index is 0. The van der Waals surface area contributed by atoms with Gasteiger partial charge >= 0.3 is 57.4 Å². The number of hydrogen-bond donors (Lipinski definition) is 2. The number of unbranched alkanes of at least 4 members (excludes halogenated alkanes) is 7. The van der Waals surface area contributed by atoms with E-state index in [9.17, 15) is 33.9 Å². The van der Waals surface area contributed by atoms with Gasteiger partial charge in [-0.05, 0) is 249 Å². The molecule has 27 heteroatoms. The Labute approximate surface area is 659 Å². The molecular weight excluding hydrogens is 1860 g/mol. The van der Waals surface area contributed by atoms with Crippen molar-refractivity contribution in [3.05, 3.63) is 111 Å². The van der Waals surface area contributed by atoms with Gasteiger partial charge in [0.2, 0.25) is 9.71 Å². The Morgan fingerprint density at radius 2 is 1.23 bits per heavy atom. The maximum absolute atomic E-state index is 13.5.